The SMILES string of the molecule is NCCOc1nonc1C(=NO)Nc1ccc(F)c(Br)c1. The van der Waals surface area contributed by atoms with E-state index in [0.717, 1.165) is 0 Å². The summed E-state index contributed by atoms with van der Waals surface area (Å²) in [7, 11) is 0. The van der Waals surface area contributed by atoms with Gasteiger partial charge in [0.15, 0.2) is 0 Å². The van der Waals surface area contributed by atoms with Gasteiger partial charge in [-0.25, -0.2) is 9.02 Å². The lowest BCUT2D eigenvalue weighted by Gasteiger charge is -2.07. The molecule has 4 N–H and O–H groups in total. The Kier molecular flexibility index (Phi) is 5.06. The third-order valence-corrected chi connectivity index (χ3v) is 2.93. The van der Waals surface area contributed by atoms with Crippen molar-refractivity contribution in [2.24, 2.45) is 10.9 Å². The molecule has 1 heterocycles. The minimum Gasteiger partial charge on any atom is -0.472 e. The van der Waals surface area contributed by atoms with Gasteiger partial charge in [-0.2, -0.15) is 0 Å². The Morgan fingerprint density at radius 3 is 3.00 bits per heavy atom. The van der Waals surface area contributed by atoms with Crippen molar-refractivity contribution in [3.63, 3.8) is 0 Å². The maximum absolute atomic E-state index is 13.2. The first kappa shape index (κ1) is 15.2. The van der Waals surface area contributed by atoms with Crippen LogP contribution in [0.1, 0.15) is 5.69 Å². The lowest BCUT2D eigenvalue weighted by atomic mass is 10.3. The smallest absolute Gasteiger partial charge is 0.287 e. The molecular formula is C11H11BrFN5O3. The summed E-state index contributed by atoms with van der Waals surface area (Å²) < 4.78 is 23.2. The van der Waals surface area contributed by atoms with E-state index in [1.807, 2.05) is 0 Å². The molecular weight excluding hydrogens is 349 g/mol. The number of benzene rings is 1. The second-order valence-electron chi connectivity index (χ2n) is 3.76. The maximum atomic E-state index is 13.2. The van der Waals surface area contributed by atoms with E-state index >= 15 is 0 Å². The number of halogens is 2. The molecule has 0 saturated carbocycles. The largest absolute Gasteiger partial charge is 0.472 e. The molecule has 0 aliphatic carbocycles. The number of amidine groups is 1. The Bertz CT molecular complexity index is 649. The van der Waals surface area contributed by atoms with Crippen molar-refractivity contribution in [1.82, 2.24) is 10.3 Å². The van der Waals surface area contributed by atoms with Gasteiger partial charge in [-0.05, 0) is 44.4 Å². The third-order valence-electron chi connectivity index (χ3n) is 2.32. The molecule has 0 spiro atoms. The van der Waals surface area contributed by atoms with Crippen LogP contribution in [0.3, 0.4) is 0 Å². The highest BCUT2D eigenvalue weighted by Gasteiger charge is 2.19. The van der Waals surface area contributed by atoms with Gasteiger partial charge >= 0.3 is 0 Å². The van der Waals surface area contributed by atoms with Crippen LogP contribution in [-0.2, 0) is 0 Å². The Balaban J connectivity index is 2.20. The molecule has 0 amide bonds. The highest BCUT2D eigenvalue weighted by molar-refractivity contribution is 9.10. The van der Waals surface area contributed by atoms with Crippen LogP contribution >= 0.6 is 15.9 Å². The molecule has 8 nitrogen and oxygen atoms in total. The molecule has 2 aromatic rings. The summed E-state index contributed by atoms with van der Waals surface area (Å²) in [5.41, 5.74) is 5.84. The molecule has 1 aromatic heterocycles. The van der Waals surface area contributed by atoms with Gasteiger partial charge in [0.05, 0.1) is 4.47 Å². The molecule has 0 fully saturated rings. The minimum atomic E-state index is -0.418. The Morgan fingerprint density at radius 2 is 2.33 bits per heavy atom. The number of nitrogens with two attached hydrogens (primary N) is 1. The lowest BCUT2D eigenvalue weighted by Crippen LogP contribution is -2.17. The van der Waals surface area contributed by atoms with Crippen LogP contribution in [0.2, 0.25) is 0 Å². The molecule has 0 aliphatic rings. The molecule has 0 bridgehead atoms. The molecule has 0 unspecified atom stereocenters. The number of hydrogen-bond donors (Lipinski definition) is 3. The van der Waals surface area contributed by atoms with Gasteiger partial charge in [0.2, 0.25) is 11.5 Å². The van der Waals surface area contributed by atoms with E-state index in [0.29, 0.717) is 5.69 Å². The quantitative estimate of drug-likeness (QED) is 0.320. The fourth-order valence-corrected chi connectivity index (χ4v) is 1.80. The topological polar surface area (TPSA) is 119 Å². The van der Waals surface area contributed by atoms with Gasteiger partial charge < -0.3 is 21.0 Å². The zero-order valence-electron chi connectivity index (χ0n) is 10.6. The number of oxime groups is 1. The van der Waals surface area contributed by atoms with Crippen LogP contribution in [0.5, 0.6) is 5.88 Å². The third kappa shape index (κ3) is 3.67. The second-order valence-corrected chi connectivity index (χ2v) is 4.61. The highest BCUT2D eigenvalue weighted by atomic mass is 79.9. The summed E-state index contributed by atoms with van der Waals surface area (Å²) in [6.45, 7) is 0.470. The number of nitrogens with zero attached hydrogens (tertiary/aromatic N) is 3. The van der Waals surface area contributed by atoms with Crippen molar-refractivity contribution in [3.05, 3.63) is 34.2 Å². The summed E-state index contributed by atoms with van der Waals surface area (Å²) in [4.78, 5) is 0. The fraction of sp³-hybridized carbons (Fsp3) is 0.182. The first-order chi connectivity index (χ1) is 10.2. The van der Waals surface area contributed by atoms with E-state index in [9.17, 15) is 4.39 Å². The van der Waals surface area contributed by atoms with Crippen LogP contribution < -0.4 is 15.8 Å². The van der Waals surface area contributed by atoms with Crippen LogP contribution in [0, 0.1) is 5.82 Å². The van der Waals surface area contributed by atoms with E-state index in [1.165, 1.54) is 18.2 Å². The van der Waals surface area contributed by atoms with Gasteiger partial charge in [0, 0.05) is 12.2 Å². The summed E-state index contributed by atoms with van der Waals surface area (Å²) in [5, 5.41) is 22.0. The van der Waals surface area contributed by atoms with E-state index in [-0.39, 0.29) is 35.0 Å². The lowest BCUT2D eigenvalue weighted by molar-refractivity contribution is 0.260. The van der Waals surface area contributed by atoms with Gasteiger partial charge in [-0.1, -0.05) is 5.16 Å². The van der Waals surface area contributed by atoms with Crippen molar-refractivity contribution in [3.8, 4) is 5.88 Å². The van der Waals surface area contributed by atoms with Gasteiger partial charge in [-0.15, -0.1) is 0 Å². The standard InChI is InChI=1S/C11H11BrFN5O3/c12-7-5-6(1-2-8(7)13)15-10(16-19)9-11(18-21-17-9)20-4-3-14/h1-2,5,19H,3-4,14H2,(H,15,16). The predicted octanol–water partition coefficient (Wildman–Crippen LogP) is 1.56. The molecule has 0 aliphatic heterocycles. The zero-order valence-corrected chi connectivity index (χ0v) is 12.2. The van der Waals surface area contributed by atoms with Gasteiger partial charge in [0.25, 0.3) is 5.88 Å². The molecule has 112 valence electrons. The first-order valence-corrected chi connectivity index (χ1v) is 6.55. The van der Waals surface area contributed by atoms with Crippen molar-refractivity contribution in [2.45, 2.75) is 0 Å². The molecule has 0 radical (unpaired) electrons. The van der Waals surface area contributed by atoms with E-state index < -0.39 is 5.82 Å². The Morgan fingerprint density at radius 1 is 1.52 bits per heavy atom. The first-order valence-electron chi connectivity index (χ1n) is 5.75. The number of aromatic nitrogens is 2. The normalized spacial score (nSPS) is 11.5. The highest BCUT2D eigenvalue weighted by Crippen LogP contribution is 2.21. The van der Waals surface area contributed by atoms with Crippen molar-refractivity contribution >= 4 is 27.5 Å². The molecule has 1 aromatic carbocycles. The van der Waals surface area contributed by atoms with E-state index in [4.69, 9.17) is 15.7 Å². The molecule has 0 saturated heterocycles. The second kappa shape index (κ2) is 6.99. The number of rotatable bonds is 5. The van der Waals surface area contributed by atoms with Crippen LogP contribution in [-0.4, -0.2) is 34.5 Å². The van der Waals surface area contributed by atoms with Gasteiger partial charge in [-0.3, -0.25) is 0 Å². The average molecular weight is 360 g/mol. The number of anilines is 1. The van der Waals surface area contributed by atoms with Crippen molar-refractivity contribution < 1.29 is 19.0 Å². The summed E-state index contributed by atoms with van der Waals surface area (Å²) in [5.74, 6) is -0.457. The van der Waals surface area contributed by atoms with E-state index in [1.54, 1.807) is 0 Å². The molecule has 10 heteroatoms. The maximum Gasteiger partial charge on any atom is 0.287 e. The predicted molar refractivity (Wildman–Crippen MR) is 74.9 cm³/mol. The van der Waals surface area contributed by atoms with Crippen molar-refractivity contribution in [2.75, 3.05) is 18.5 Å². The average Bonchev–Trinajstić information content (AvgIpc) is 2.94. The van der Waals surface area contributed by atoms with Crippen LogP contribution in [0.15, 0.2) is 32.5 Å². The summed E-state index contributed by atoms with van der Waals surface area (Å²) >= 11 is 3.05. The fourth-order valence-electron chi connectivity index (χ4n) is 1.42. The molecule has 2 rings (SSSR count). The zero-order chi connectivity index (χ0) is 15.2. The Labute approximate surface area is 126 Å². The van der Waals surface area contributed by atoms with Crippen molar-refractivity contribution in [1.29, 1.82) is 0 Å². The van der Waals surface area contributed by atoms with Gasteiger partial charge in [0.1, 0.15) is 12.4 Å². The summed E-state index contributed by atoms with van der Waals surface area (Å²) in [6.07, 6.45) is 0. The summed E-state index contributed by atoms with van der Waals surface area (Å²) in [6, 6.07) is 4.17. The Hall–Kier alpha value is -2.20. The number of ether oxygens (including phenoxy) is 1. The van der Waals surface area contributed by atoms with Crippen LogP contribution in [0.4, 0.5) is 10.1 Å². The minimum absolute atomic E-state index is 0.0296. The van der Waals surface area contributed by atoms with Crippen LogP contribution in [0.25, 0.3) is 0 Å². The number of hydrogen-bond acceptors (Lipinski definition) is 7. The molecule has 0 atom stereocenters. The van der Waals surface area contributed by atoms with E-state index in [2.05, 4.69) is 41.3 Å². The molecule has 21 heavy (non-hydrogen) atoms. The monoisotopic (exact) mass is 359 g/mol. The number of nitrogens with one attached hydrogen (secondary N) is 1.